The van der Waals surface area contributed by atoms with Crippen molar-refractivity contribution in [1.29, 1.82) is 0 Å². The van der Waals surface area contributed by atoms with Crippen molar-refractivity contribution in [3.8, 4) is 0 Å². The lowest BCUT2D eigenvalue weighted by atomic mass is 10.3. The molecule has 0 aliphatic rings. The van der Waals surface area contributed by atoms with Crippen LogP contribution in [0, 0.1) is 11.6 Å². The largest absolute Gasteiger partial charge is 0.394 e. The molecule has 0 heterocycles. The Balaban J connectivity index is 2.84. The predicted molar refractivity (Wildman–Crippen MR) is 64.4 cm³/mol. The number of carbonyl (C=O) groups is 1. The van der Waals surface area contributed by atoms with E-state index in [2.05, 4.69) is 4.72 Å². The number of nitrogen functional groups attached to an aromatic ring is 1. The van der Waals surface area contributed by atoms with Crippen LogP contribution in [0.25, 0.3) is 0 Å². The van der Waals surface area contributed by atoms with E-state index in [1.807, 2.05) is 0 Å². The standard InChI is InChI=1S/C10H13F2N3O3S/c11-6-3-4-7(9(12)10(6)14)19(17,18)15-5-1-2-8(13)16/h3-4,15H,1-2,5,14H2,(H2,13,16). The van der Waals surface area contributed by atoms with E-state index in [-0.39, 0.29) is 19.4 Å². The maximum atomic E-state index is 13.5. The normalized spacial score (nSPS) is 11.5. The van der Waals surface area contributed by atoms with Gasteiger partial charge in [0.15, 0.2) is 5.82 Å². The van der Waals surface area contributed by atoms with Crippen molar-refractivity contribution < 1.29 is 22.0 Å². The Hall–Kier alpha value is -1.74. The van der Waals surface area contributed by atoms with Gasteiger partial charge in [0.05, 0.1) is 0 Å². The Labute approximate surface area is 108 Å². The van der Waals surface area contributed by atoms with E-state index >= 15 is 0 Å². The Morgan fingerprint density at radius 1 is 1.32 bits per heavy atom. The van der Waals surface area contributed by atoms with Gasteiger partial charge in [0.1, 0.15) is 16.4 Å². The molecule has 1 aromatic rings. The summed E-state index contributed by atoms with van der Waals surface area (Å²) in [5, 5.41) is 0. The fourth-order valence-electron chi connectivity index (χ4n) is 1.30. The Bertz CT molecular complexity index is 590. The van der Waals surface area contributed by atoms with Crippen molar-refractivity contribution in [2.75, 3.05) is 12.3 Å². The fraction of sp³-hybridized carbons (Fsp3) is 0.300. The molecule has 0 atom stereocenters. The minimum absolute atomic E-state index is 0.00341. The van der Waals surface area contributed by atoms with Gasteiger partial charge < -0.3 is 11.5 Å². The molecule has 1 aromatic carbocycles. The minimum Gasteiger partial charge on any atom is -0.394 e. The molecule has 0 radical (unpaired) electrons. The Morgan fingerprint density at radius 2 is 1.95 bits per heavy atom. The summed E-state index contributed by atoms with van der Waals surface area (Å²) in [4.78, 5) is 9.71. The van der Waals surface area contributed by atoms with Crippen LogP contribution in [0.1, 0.15) is 12.8 Å². The smallest absolute Gasteiger partial charge is 0.243 e. The van der Waals surface area contributed by atoms with Crippen molar-refractivity contribution in [3.63, 3.8) is 0 Å². The van der Waals surface area contributed by atoms with Gasteiger partial charge in [0, 0.05) is 13.0 Å². The first-order chi connectivity index (χ1) is 8.75. The number of halogens is 2. The van der Waals surface area contributed by atoms with Crippen molar-refractivity contribution in [1.82, 2.24) is 4.72 Å². The average Bonchev–Trinajstić information content (AvgIpc) is 2.31. The summed E-state index contributed by atoms with van der Waals surface area (Å²) in [6.07, 6.45) is 0.170. The summed E-state index contributed by atoms with van der Waals surface area (Å²) in [7, 11) is -4.15. The zero-order valence-corrected chi connectivity index (χ0v) is 10.6. The number of sulfonamides is 1. The number of nitrogens with two attached hydrogens (primary N) is 2. The first kappa shape index (κ1) is 15.3. The molecule has 0 fully saturated rings. The third-order valence-electron chi connectivity index (χ3n) is 2.27. The quantitative estimate of drug-likeness (QED) is 0.509. The summed E-state index contributed by atoms with van der Waals surface area (Å²) in [6, 6.07) is 1.54. The van der Waals surface area contributed by atoms with Crippen LogP contribution >= 0.6 is 0 Å². The fourth-order valence-corrected chi connectivity index (χ4v) is 2.47. The van der Waals surface area contributed by atoms with Crippen LogP contribution < -0.4 is 16.2 Å². The van der Waals surface area contributed by atoms with Gasteiger partial charge in [-0.2, -0.15) is 0 Å². The predicted octanol–water partition coefficient (Wildman–Crippen LogP) is 0.0908. The van der Waals surface area contributed by atoms with Crippen LogP contribution in [0.5, 0.6) is 0 Å². The summed E-state index contributed by atoms with van der Waals surface area (Å²) in [6.45, 7) is -0.0952. The van der Waals surface area contributed by atoms with E-state index in [0.717, 1.165) is 12.1 Å². The molecule has 0 aliphatic heterocycles. The van der Waals surface area contributed by atoms with Gasteiger partial charge in [-0.05, 0) is 18.6 Å². The lowest BCUT2D eigenvalue weighted by molar-refractivity contribution is -0.118. The number of amides is 1. The molecule has 6 nitrogen and oxygen atoms in total. The van der Waals surface area contributed by atoms with Crippen LogP contribution in [-0.2, 0) is 14.8 Å². The molecule has 0 saturated carbocycles. The van der Waals surface area contributed by atoms with Crippen LogP contribution in [0.15, 0.2) is 17.0 Å². The van der Waals surface area contributed by atoms with Gasteiger partial charge >= 0.3 is 0 Å². The molecule has 1 amide bonds. The molecule has 0 saturated heterocycles. The van der Waals surface area contributed by atoms with Crippen LogP contribution in [0.2, 0.25) is 0 Å². The van der Waals surface area contributed by atoms with Gasteiger partial charge in [-0.25, -0.2) is 21.9 Å². The van der Waals surface area contributed by atoms with Crippen LogP contribution in [0.4, 0.5) is 14.5 Å². The van der Waals surface area contributed by atoms with E-state index in [1.54, 1.807) is 0 Å². The Kier molecular flexibility index (Phi) is 4.78. The van der Waals surface area contributed by atoms with Gasteiger partial charge in [-0.15, -0.1) is 0 Å². The number of rotatable bonds is 6. The minimum atomic E-state index is -4.15. The molecule has 0 aromatic heterocycles. The van der Waals surface area contributed by atoms with Crippen molar-refractivity contribution in [2.24, 2.45) is 5.73 Å². The summed E-state index contributed by atoms with van der Waals surface area (Å²) in [5.74, 6) is -2.95. The monoisotopic (exact) mass is 293 g/mol. The highest BCUT2D eigenvalue weighted by molar-refractivity contribution is 7.89. The lowest BCUT2D eigenvalue weighted by Crippen LogP contribution is -2.27. The molecule has 5 N–H and O–H groups in total. The number of anilines is 1. The van der Waals surface area contributed by atoms with Crippen molar-refractivity contribution >= 4 is 21.6 Å². The number of primary amides is 1. The number of hydrogen-bond acceptors (Lipinski definition) is 4. The van der Waals surface area contributed by atoms with Gasteiger partial charge in [0.2, 0.25) is 15.9 Å². The van der Waals surface area contributed by atoms with E-state index in [0.29, 0.717) is 0 Å². The zero-order chi connectivity index (χ0) is 14.6. The number of benzene rings is 1. The maximum Gasteiger partial charge on any atom is 0.243 e. The molecule has 0 spiro atoms. The molecule has 0 aliphatic carbocycles. The van der Waals surface area contributed by atoms with E-state index in [9.17, 15) is 22.0 Å². The molecular formula is C10H13F2N3O3S. The van der Waals surface area contributed by atoms with Crippen LogP contribution in [-0.4, -0.2) is 20.9 Å². The summed E-state index contributed by atoms with van der Waals surface area (Å²) < 4.78 is 51.9. The topological polar surface area (TPSA) is 115 Å². The van der Waals surface area contributed by atoms with Gasteiger partial charge in [-0.3, -0.25) is 4.79 Å². The maximum absolute atomic E-state index is 13.5. The highest BCUT2D eigenvalue weighted by atomic mass is 32.2. The molecule has 1 rings (SSSR count). The second kappa shape index (κ2) is 5.93. The number of carbonyl (C=O) groups excluding carboxylic acids is 1. The third kappa shape index (κ3) is 3.86. The second-order valence-corrected chi connectivity index (χ2v) is 5.48. The van der Waals surface area contributed by atoms with E-state index in [1.165, 1.54) is 0 Å². The highest BCUT2D eigenvalue weighted by Crippen LogP contribution is 2.22. The Morgan fingerprint density at radius 3 is 2.53 bits per heavy atom. The summed E-state index contributed by atoms with van der Waals surface area (Å²) >= 11 is 0. The summed E-state index contributed by atoms with van der Waals surface area (Å²) in [5.41, 5.74) is 9.09. The highest BCUT2D eigenvalue weighted by Gasteiger charge is 2.22. The van der Waals surface area contributed by atoms with Gasteiger partial charge in [0.25, 0.3) is 0 Å². The third-order valence-corrected chi connectivity index (χ3v) is 3.75. The SMILES string of the molecule is NC(=O)CCCNS(=O)(=O)c1ccc(F)c(N)c1F. The molecule has 19 heavy (non-hydrogen) atoms. The molecule has 9 heteroatoms. The van der Waals surface area contributed by atoms with Crippen molar-refractivity contribution in [3.05, 3.63) is 23.8 Å². The van der Waals surface area contributed by atoms with Crippen molar-refractivity contribution in [2.45, 2.75) is 17.7 Å². The molecule has 0 unspecified atom stereocenters. The number of nitrogens with one attached hydrogen (secondary N) is 1. The second-order valence-electron chi connectivity index (χ2n) is 3.74. The van der Waals surface area contributed by atoms with Crippen LogP contribution in [0.3, 0.4) is 0 Å². The molecule has 106 valence electrons. The van der Waals surface area contributed by atoms with Gasteiger partial charge in [-0.1, -0.05) is 0 Å². The zero-order valence-electron chi connectivity index (χ0n) is 9.82. The average molecular weight is 293 g/mol. The first-order valence-corrected chi connectivity index (χ1v) is 6.75. The van der Waals surface area contributed by atoms with E-state index in [4.69, 9.17) is 11.5 Å². The molecular weight excluding hydrogens is 280 g/mol. The number of hydrogen-bond donors (Lipinski definition) is 3. The first-order valence-electron chi connectivity index (χ1n) is 5.27. The lowest BCUT2D eigenvalue weighted by Gasteiger charge is -2.08. The van der Waals surface area contributed by atoms with E-state index < -0.39 is 38.1 Å². The molecule has 0 bridgehead atoms.